The number of nitrogens with one attached hydrogen (secondary N) is 1. The fourth-order valence-electron chi connectivity index (χ4n) is 1.80. The lowest BCUT2D eigenvalue weighted by molar-refractivity contribution is 0.0902. The molecule has 0 aliphatic heterocycles. The number of carbonyl (C=O) groups excluding carboxylic acids is 1. The standard InChI is InChI=1S/C11H15BrN2OS/c1-11(6-13,7-2-3-7)14-10(15)8-4-5-9(12)16-8/h4-5,7H,2-3,6,13H2,1H3,(H,14,15). The molecule has 0 aromatic carbocycles. The van der Waals surface area contributed by atoms with Crippen LogP contribution in [0.1, 0.15) is 29.4 Å². The smallest absolute Gasteiger partial charge is 0.261 e. The fraction of sp³-hybridized carbons (Fsp3) is 0.545. The normalized spacial score (nSPS) is 19.2. The van der Waals surface area contributed by atoms with Gasteiger partial charge < -0.3 is 11.1 Å². The van der Waals surface area contributed by atoms with Crippen molar-refractivity contribution >= 4 is 33.2 Å². The topological polar surface area (TPSA) is 55.1 Å². The molecule has 2 rings (SSSR count). The van der Waals surface area contributed by atoms with Gasteiger partial charge in [0.1, 0.15) is 0 Å². The van der Waals surface area contributed by atoms with Crippen LogP contribution in [-0.2, 0) is 0 Å². The minimum absolute atomic E-state index is 0.0180. The average molecular weight is 303 g/mol. The van der Waals surface area contributed by atoms with Crippen LogP contribution in [0, 0.1) is 5.92 Å². The molecule has 1 fully saturated rings. The third-order valence-electron chi connectivity index (χ3n) is 3.10. The zero-order valence-corrected chi connectivity index (χ0v) is 11.5. The molecule has 1 unspecified atom stereocenters. The quantitative estimate of drug-likeness (QED) is 0.897. The number of rotatable bonds is 4. The third kappa shape index (κ3) is 2.47. The van der Waals surface area contributed by atoms with E-state index in [1.54, 1.807) is 0 Å². The summed E-state index contributed by atoms with van der Waals surface area (Å²) in [5.41, 5.74) is 5.52. The lowest BCUT2D eigenvalue weighted by Gasteiger charge is -2.29. The minimum atomic E-state index is -0.243. The number of nitrogens with two attached hydrogens (primary N) is 1. The van der Waals surface area contributed by atoms with Gasteiger partial charge in [-0.1, -0.05) is 0 Å². The molecule has 3 nitrogen and oxygen atoms in total. The largest absolute Gasteiger partial charge is 0.345 e. The highest BCUT2D eigenvalue weighted by atomic mass is 79.9. The molecule has 1 aliphatic rings. The Morgan fingerprint density at radius 3 is 2.81 bits per heavy atom. The summed E-state index contributed by atoms with van der Waals surface area (Å²) in [6.07, 6.45) is 2.34. The molecule has 0 spiro atoms. The predicted molar refractivity (Wildman–Crippen MR) is 69.7 cm³/mol. The Bertz CT molecular complexity index is 402. The maximum atomic E-state index is 12.0. The second kappa shape index (κ2) is 4.47. The Balaban J connectivity index is 2.06. The predicted octanol–water partition coefficient (Wildman–Crippen LogP) is 2.37. The molecule has 1 saturated carbocycles. The van der Waals surface area contributed by atoms with Crippen LogP contribution < -0.4 is 11.1 Å². The van der Waals surface area contributed by atoms with Gasteiger partial charge in [-0.05, 0) is 53.7 Å². The van der Waals surface area contributed by atoms with E-state index in [2.05, 4.69) is 21.2 Å². The van der Waals surface area contributed by atoms with E-state index in [1.165, 1.54) is 24.2 Å². The van der Waals surface area contributed by atoms with Crippen molar-refractivity contribution in [1.82, 2.24) is 5.32 Å². The highest BCUT2D eigenvalue weighted by molar-refractivity contribution is 9.11. The summed E-state index contributed by atoms with van der Waals surface area (Å²) in [6, 6.07) is 3.71. The van der Waals surface area contributed by atoms with E-state index in [1.807, 2.05) is 19.1 Å². The van der Waals surface area contributed by atoms with Crippen LogP contribution in [0.3, 0.4) is 0 Å². The van der Waals surface area contributed by atoms with Crippen molar-refractivity contribution in [2.45, 2.75) is 25.3 Å². The van der Waals surface area contributed by atoms with Gasteiger partial charge in [0.25, 0.3) is 5.91 Å². The Labute approximate surface area is 108 Å². The van der Waals surface area contributed by atoms with Gasteiger partial charge >= 0.3 is 0 Å². The van der Waals surface area contributed by atoms with E-state index in [9.17, 15) is 4.79 Å². The average Bonchev–Trinajstić information content (AvgIpc) is 3.02. The summed E-state index contributed by atoms with van der Waals surface area (Å²) in [4.78, 5) is 12.7. The van der Waals surface area contributed by atoms with E-state index in [0.717, 1.165) is 8.66 Å². The molecule has 88 valence electrons. The number of halogens is 1. The summed E-state index contributed by atoms with van der Waals surface area (Å²) in [5.74, 6) is 0.528. The summed E-state index contributed by atoms with van der Waals surface area (Å²) in [6.45, 7) is 2.53. The molecule has 1 heterocycles. The van der Waals surface area contributed by atoms with Gasteiger partial charge in [0, 0.05) is 6.54 Å². The molecule has 3 N–H and O–H groups in total. The van der Waals surface area contributed by atoms with Crippen LogP contribution >= 0.6 is 27.3 Å². The number of thiophene rings is 1. The van der Waals surface area contributed by atoms with Gasteiger partial charge in [0.15, 0.2) is 0 Å². The van der Waals surface area contributed by atoms with Crippen LogP contribution in [0.5, 0.6) is 0 Å². The monoisotopic (exact) mass is 302 g/mol. The van der Waals surface area contributed by atoms with E-state index >= 15 is 0 Å². The Morgan fingerprint density at radius 1 is 1.69 bits per heavy atom. The van der Waals surface area contributed by atoms with Gasteiger partial charge in [-0.15, -0.1) is 11.3 Å². The van der Waals surface area contributed by atoms with Crippen LogP contribution in [0.15, 0.2) is 15.9 Å². The molecule has 0 radical (unpaired) electrons. The molecule has 5 heteroatoms. The summed E-state index contributed by atoms with van der Waals surface area (Å²) < 4.78 is 0.971. The Morgan fingerprint density at radius 2 is 2.38 bits per heavy atom. The molecular weight excluding hydrogens is 288 g/mol. The highest BCUT2D eigenvalue weighted by Gasteiger charge is 2.41. The lowest BCUT2D eigenvalue weighted by atomic mass is 9.96. The van der Waals surface area contributed by atoms with E-state index in [-0.39, 0.29) is 11.4 Å². The molecule has 1 atom stereocenters. The van der Waals surface area contributed by atoms with Gasteiger partial charge in [0.05, 0.1) is 14.2 Å². The minimum Gasteiger partial charge on any atom is -0.345 e. The molecule has 16 heavy (non-hydrogen) atoms. The number of hydrogen-bond acceptors (Lipinski definition) is 3. The fourth-order valence-corrected chi connectivity index (χ4v) is 3.08. The third-order valence-corrected chi connectivity index (χ3v) is 4.72. The zero-order valence-electron chi connectivity index (χ0n) is 9.13. The molecular formula is C11H15BrN2OS. The van der Waals surface area contributed by atoms with Gasteiger partial charge in [-0.25, -0.2) is 0 Å². The lowest BCUT2D eigenvalue weighted by Crippen LogP contribution is -2.53. The number of amides is 1. The van der Waals surface area contributed by atoms with Crippen molar-refractivity contribution in [3.05, 3.63) is 20.8 Å². The van der Waals surface area contributed by atoms with Gasteiger partial charge in [0.2, 0.25) is 0 Å². The van der Waals surface area contributed by atoms with Gasteiger partial charge in [-0.2, -0.15) is 0 Å². The Kier molecular flexibility index (Phi) is 3.37. The van der Waals surface area contributed by atoms with Crippen molar-refractivity contribution in [1.29, 1.82) is 0 Å². The second-order valence-corrected chi connectivity index (χ2v) is 6.92. The number of hydrogen-bond donors (Lipinski definition) is 2. The van der Waals surface area contributed by atoms with Crippen LogP contribution in [0.2, 0.25) is 0 Å². The van der Waals surface area contributed by atoms with Crippen molar-refractivity contribution < 1.29 is 4.79 Å². The number of carbonyl (C=O) groups is 1. The first-order valence-corrected chi connectivity index (χ1v) is 6.94. The summed E-state index contributed by atoms with van der Waals surface area (Å²) in [5, 5.41) is 3.06. The van der Waals surface area contributed by atoms with Crippen LogP contribution in [-0.4, -0.2) is 18.0 Å². The second-order valence-electron chi connectivity index (χ2n) is 4.45. The SMILES string of the molecule is CC(CN)(NC(=O)c1ccc(Br)s1)C1CC1. The first-order valence-electron chi connectivity index (χ1n) is 5.33. The first-order chi connectivity index (χ1) is 7.55. The van der Waals surface area contributed by atoms with Gasteiger partial charge in [-0.3, -0.25) is 4.79 Å². The van der Waals surface area contributed by atoms with Crippen molar-refractivity contribution in [3.63, 3.8) is 0 Å². The first kappa shape index (κ1) is 12.1. The van der Waals surface area contributed by atoms with E-state index in [4.69, 9.17) is 5.73 Å². The molecule has 1 aromatic rings. The van der Waals surface area contributed by atoms with Crippen molar-refractivity contribution in [3.8, 4) is 0 Å². The molecule has 0 bridgehead atoms. The molecule has 1 aliphatic carbocycles. The summed E-state index contributed by atoms with van der Waals surface area (Å²) >= 11 is 4.80. The zero-order chi connectivity index (χ0) is 11.8. The van der Waals surface area contributed by atoms with Crippen LogP contribution in [0.4, 0.5) is 0 Å². The maximum Gasteiger partial charge on any atom is 0.261 e. The maximum absolute atomic E-state index is 12.0. The van der Waals surface area contributed by atoms with E-state index in [0.29, 0.717) is 12.5 Å². The Hall–Kier alpha value is -0.390. The van der Waals surface area contributed by atoms with Crippen molar-refractivity contribution in [2.75, 3.05) is 6.54 Å². The molecule has 1 amide bonds. The van der Waals surface area contributed by atoms with E-state index < -0.39 is 0 Å². The van der Waals surface area contributed by atoms with Crippen LogP contribution in [0.25, 0.3) is 0 Å². The summed E-state index contributed by atoms with van der Waals surface area (Å²) in [7, 11) is 0. The molecule has 1 aromatic heterocycles. The van der Waals surface area contributed by atoms with Crippen molar-refractivity contribution in [2.24, 2.45) is 11.7 Å². The molecule has 0 saturated heterocycles. The highest BCUT2D eigenvalue weighted by Crippen LogP contribution is 2.39.